The number of benzene rings is 2. The molecule has 0 aromatic heterocycles. The second-order valence-electron chi connectivity index (χ2n) is 5.88. The average Bonchev–Trinajstić information content (AvgIpc) is 2.57. The molecular weight excluding hydrogens is 272 g/mol. The van der Waals surface area contributed by atoms with Gasteiger partial charge in [0.25, 0.3) is 5.91 Å². The summed E-state index contributed by atoms with van der Waals surface area (Å²) in [6, 6.07) is 17.8. The Balaban J connectivity index is 1.66. The minimum Gasteiger partial charge on any atom is -0.382 e. The predicted octanol–water partition coefficient (Wildman–Crippen LogP) is 4.68. The Hall–Kier alpha value is -2.29. The number of rotatable bonds is 4. The molecule has 1 saturated carbocycles. The van der Waals surface area contributed by atoms with Crippen LogP contribution in [0.5, 0.6) is 0 Å². The third-order valence-corrected chi connectivity index (χ3v) is 4.13. The number of carbonyl (C=O) groups is 1. The van der Waals surface area contributed by atoms with Crippen molar-refractivity contribution < 1.29 is 4.79 Å². The number of nitrogens with one attached hydrogen (secondary N) is 2. The quantitative estimate of drug-likeness (QED) is 0.859. The van der Waals surface area contributed by atoms with Gasteiger partial charge < -0.3 is 10.6 Å². The minimum atomic E-state index is -0.0708. The van der Waals surface area contributed by atoms with E-state index >= 15 is 0 Å². The zero-order valence-corrected chi connectivity index (χ0v) is 12.7. The van der Waals surface area contributed by atoms with Crippen molar-refractivity contribution in [3.8, 4) is 0 Å². The van der Waals surface area contributed by atoms with Gasteiger partial charge in [-0.25, -0.2) is 0 Å². The lowest BCUT2D eigenvalue weighted by Gasteiger charge is -2.24. The molecule has 1 aliphatic rings. The Bertz CT molecular complexity index is 618. The highest BCUT2D eigenvalue weighted by Crippen LogP contribution is 2.22. The first-order valence-corrected chi connectivity index (χ1v) is 8.04. The molecule has 1 amide bonds. The largest absolute Gasteiger partial charge is 0.382 e. The van der Waals surface area contributed by atoms with Gasteiger partial charge in [0.05, 0.1) is 0 Å². The Morgan fingerprint density at radius 2 is 1.59 bits per heavy atom. The van der Waals surface area contributed by atoms with Crippen LogP contribution < -0.4 is 10.6 Å². The Kier molecular flexibility index (Phi) is 4.74. The van der Waals surface area contributed by atoms with Crippen molar-refractivity contribution in [2.75, 3.05) is 10.6 Å². The van der Waals surface area contributed by atoms with Crippen molar-refractivity contribution >= 4 is 17.3 Å². The van der Waals surface area contributed by atoms with Crippen molar-refractivity contribution in [2.24, 2.45) is 0 Å². The molecule has 0 saturated heterocycles. The molecule has 2 aromatic rings. The van der Waals surface area contributed by atoms with Crippen molar-refractivity contribution in [3.05, 3.63) is 60.2 Å². The van der Waals surface area contributed by atoms with Crippen molar-refractivity contribution in [3.63, 3.8) is 0 Å². The molecule has 0 spiro atoms. The summed E-state index contributed by atoms with van der Waals surface area (Å²) in [6.07, 6.45) is 6.39. The lowest BCUT2D eigenvalue weighted by atomic mass is 9.95. The van der Waals surface area contributed by atoms with Gasteiger partial charge in [-0.2, -0.15) is 0 Å². The Morgan fingerprint density at radius 1 is 0.864 bits per heavy atom. The van der Waals surface area contributed by atoms with E-state index in [4.69, 9.17) is 0 Å². The molecule has 3 rings (SSSR count). The van der Waals surface area contributed by atoms with Crippen LogP contribution in [-0.4, -0.2) is 11.9 Å². The van der Waals surface area contributed by atoms with Crippen LogP contribution in [0.15, 0.2) is 54.6 Å². The van der Waals surface area contributed by atoms with Gasteiger partial charge in [0.2, 0.25) is 0 Å². The first-order chi connectivity index (χ1) is 10.8. The van der Waals surface area contributed by atoms with Crippen LogP contribution in [0.3, 0.4) is 0 Å². The van der Waals surface area contributed by atoms with E-state index in [0.29, 0.717) is 11.6 Å². The van der Waals surface area contributed by atoms with E-state index < -0.39 is 0 Å². The summed E-state index contributed by atoms with van der Waals surface area (Å²) in [5, 5.41) is 6.48. The van der Waals surface area contributed by atoms with Crippen molar-refractivity contribution in [2.45, 2.75) is 38.1 Å². The lowest BCUT2D eigenvalue weighted by Crippen LogP contribution is -2.22. The van der Waals surface area contributed by atoms with E-state index in [0.717, 1.165) is 11.4 Å². The molecule has 0 heterocycles. The summed E-state index contributed by atoms with van der Waals surface area (Å²) in [5.74, 6) is -0.0708. The van der Waals surface area contributed by atoms with Gasteiger partial charge in [0.15, 0.2) is 0 Å². The van der Waals surface area contributed by atoms with Gasteiger partial charge in [0, 0.05) is 23.0 Å². The van der Waals surface area contributed by atoms with Crippen molar-refractivity contribution in [1.29, 1.82) is 0 Å². The van der Waals surface area contributed by atoms with Crippen molar-refractivity contribution in [1.82, 2.24) is 0 Å². The maximum absolute atomic E-state index is 12.3. The zero-order valence-electron chi connectivity index (χ0n) is 12.7. The van der Waals surface area contributed by atoms with Gasteiger partial charge in [-0.05, 0) is 43.2 Å². The summed E-state index contributed by atoms with van der Waals surface area (Å²) in [5.41, 5.74) is 2.54. The summed E-state index contributed by atoms with van der Waals surface area (Å²) in [7, 11) is 0. The highest BCUT2D eigenvalue weighted by molar-refractivity contribution is 6.04. The van der Waals surface area contributed by atoms with E-state index in [1.165, 1.54) is 32.1 Å². The molecule has 0 unspecified atom stereocenters. The minimum absolute atomic E-state index is 0.0708. The molecular formula is C19H22N2O. The molecule has 0 atom stereocenters. The van der Waals surface area contributed by atoms with Crippen LogP contribution in [0, 0.1) is 0 Å². The van der Waals surface area contributed by atoms with Crippen LogP contribution >= 0.6 is 0 Å². The van der Waals surface area contributed by atoms with Gasteiger partial charge in [-0.3, -0.25) is 4.79 Å². The number of anilines is 2. The van der Waals surface area contributed by atoms with Gasteiger partial charge in [-0.15, -0.1) is 0 Å². The molecule has 1 aliphatic carbocycles. The van der Waals surface area contributed by atoms with Crippen LogP contribution in [0.1, 0.15) is 42.5 Å². The number of hydrogen-bond donors (Lipinski definition) is 2. The summed E-state index contributed by atoms with van der Waals surface area (Å²) in [6.45, 7) is 0. The monoisotopic (exact) mass is 294 g/mol. The second-order valence-corrected chi connectivity index (χ2v) is 5.88. The fourth-order valence-corrected chi connectivity index (χ4v) is 2.96. The standard InChI is InChI=1S/C19H22N2O/c22-19(21-17-11-5-2-6-12-17)15-8-7-13-18(14-15)20-16-9-3-1-4-10-16/h2,5-8,11-14,16,20H,1,3-4,9-10H2,(H,21,22). The highest BCUT2D eigenvalue weighted by atomic mass is 16.1. The molecule has 22 heavy (non-hydrogen) atoms. The van der Waals surface area contributed by atoms with Crippen LogP contribution in [-0.2, 0) is 0 Å². The SMILES string of the molecule is O=C(Nc1ccccc1)c1cccc(NC2CCCCC2)c1. The molecule has 0 bridgehead atoms. The maximum atomic E-state index is 12.3. The summed E-state index contributed by atoms with van der Waals surface area (Å²) < 4.78 is 0. The molecule has 3 nitrogen and oxygen atoms in total. The molecule has 2 aromatic carbocycles. The molecule has 0 radical (unpaired) electrons. The molecule has 0 aliphatic heterocycles. The molecule has 1 fully saturated rings. The van der Waals surface area contributed by atoms with E-state index in [-0.39, 0.29) is 5.91 Å². The summed E-state index contributed by atoms with van der Waals surface area (Å²) >= 11 is 0. The van der Waals surface area contributed by atoms with Gasteiger partial charge >= 0.3 is 0 Å². The van der Waals surface area contributed by atoms with Crippen LogP contribution in [0.2, 0.25) is 0 Å². The third kappa shape index (κ3) is 3.88. The first kappa shape index (κ1) is 14.6. The fraction of sp³-hybridized carbons (Fsp3) is 0.316. The first-order valence-electron chi connectivity index (χ1n) is 8.04. The molecule has 3 heteroatoms. The molecule has 114 valence electrons. The third-order valence-electron chi connectivity index (χ3n) is 4.13. The Morgan fingerprint density at radius 3 is 2.36 bits per heavy atom. The maximum Gasteiger partial charge on any atom is 0.255 e. The zero-order chi connectivity index (χ0) is 15.2. The fourth-order valence-electron chi connectivity index (χ4n) is 2.96. The molecule has 2 N–H and O–H groups in total. The summed E-state index contributed by atoms with van der Waals surface area (Å²) in [4.78, 5) is 12.3. The second kappa shape index (κ2) is 7.12. The van der Waals surface area contributed by atoms with E-state index in [9.17, 15) is 4.79 Å². The van der Waals surface area contributed by atoms with Gasteiger partial charge in [0.1, 0.15) is 0 Å². The van der Waals surface area contributed by atoms with Gasteiger partial charge in [-0.1, -0.05) is 43.5 Å². The lowest BCUT2D eigenvalue weighted by molar-refractivity contribution is 0.102. The number of para-hydroxylation sites is 1. The Labute approximate surface area is 131 Å². The number of carbonyl (C=O) groups excluding carboxylic acids is 1. The highest BCUT2D eigenvalue weighted by Gasteiger charge is 2.13. The average molecular weight is 294 g/mol. The van der Waals surface area contributed by atoms with E-state index in [1.54, 1.807) is 0 Å². The topological polar surface area (TPSA) is 41.1 Å². The normalized spacial score (nSPS) is 15.3. The smallest absolute Gasteiger partial charge is 0.255 e. The van der Waals surface area contributed by atoms with E-state index in [2.05, 4.69) is 10.6 Å². The predicted molar refractivity (Wildman–Crippen MR) is 91.3 cm³/mol. The number of hydrogen-bond acceptors (Lipinski definition) is 2. The van der Waals surface area contributed by atoms with Crippen LogP contribution in [0.25, 0.3) is 0 Å². The van der Waals surface area contributed by atoms with Crippen LogP contribution in [0.4, 0.5) is 11.4 Å². The van der Waals surface area contributed by atoms with E-state index in [1.807, 2.05) is 54.6 Å². The number of amides is 1.